The molecule has 0 saturated heterocycles. The first kappa shape index (κ1) is 12.0. The maximum absolute atomic E-state index is 13.2. The van der Waals surface area contributed by atoms with E-state index in [1.165, 1.54) is 20.1 Å². The molecule has 1 aromatic rings. The average molecular weight is 219 g/mol. The highest BCUT2D eigenvalue weighted by Crippen LogP contribution is 2.22. The van der Waals surface area contributed by atoms with Gasteiger partial charge in [0, 0.05) is 12.1 Å². The van der Waals surface area contributed by atoms with Crippen molar-refractivity contribution in [3.8, 4) is 0 Å². The lowest BCUT2D eigenvalue weighted by molar-refractivity contribution is 0.0857. The predicted octanol–water partition coefficient (Wildman–Crippen LogP) is 2.65. The summed E-state index contributed by atoms with van der Waals surface area (Å²) in [6.07, 6.45) is -1.33. The van der Waals surface area contributed by atoms with Crippen LogP contribution in [-0.4, -0.2) is 7.11 Å². The number of halogens is 3. The van der Waals surface area contributed by atoms with Gasteiger partial charge in [-0.1, -0.05) is 0 Å². The first-order chi connectivity index (χ1) is 7.06. The summed E-state index contributed by atoms with van der Waals surface area (Å²) in [5.41, 5.74) is 2.52. The van der Waals surface area contributed by atoms with Crippen LogP contribution in [0.3, 0.4) is 0 Å². The smallest absolute Gasteiger partial charge is 0.163 e. The van der Waals surface area contributed by atoms with Crippen molar-refractivity contribution in [2.45, 2.75) is 19.6 Å². The highest BCUT2D eigenvalue weighted by atomic mass is 19.2. The Bertz CT molecular complexity index is 342. The molecule has 0 spiro atoms. The van der Waals surface area contributed by atoms with E-state index in [2.05, 4.69) is 10.3 Å². The molecule has 5 heteroatoms. The summed E-state index contributed by atoms with van der Waals surface area (Å²) >= 11 is 0. The van der Waals surface area contributed by atoms with Gasteiger partial charge in [0.15, 0.2) is 11.6 Å². The monoisotopic (exact) mass is 219 g/mol. The number of nitrogens with one attached hydrogen (secondary N) is 1. The molecule has 1 rings (SSSR count). The minimum Gasteiger partial charge on any atom is -0.305 e. The minimum atomic E-state index is -1.33. The first-order valence-corrected chi connectivity index (χ1v) is 4.44. The van der Waals surface area contributed by atoms with E-state index in [9.17, 15) is 13.2 Å². The third kappa shape index (κ3) is 2.94. The van der Waals surface area contributed by atoms with Crippen LogP contribution in [0.2, 0.25) is 0 Å². The number of alkyl halides is 1. The maximum Gasteiger partial charge on any atom is 0.163 e. The van der Waals surface area contributed by atoms with Gasteiger partial charge in [0.25, 0.3) is 0 Å². The van der Waals surface area contributed by atoms with Crippen molar-refractivity contribution in [1.29, 1.82) is 0 Å². The summed E-state index contributed by atoms with van der Waals surface area (Å²) in [4.78, 5) is 4.51. The van der Waals surface area contributed by atoms with Crippen LogP contribution >= 0.6 is 0 Å². The Labute approximate surface area is 86.0 Å². The zero-order chi connectivity index (χ0) is 11.4. The van der Waals surface area contributed by atoms with Crippen LogP contribution in [0.1, 0.15) is 24.2 Å². The predicted molar refractivity (Wildman–Crippen MR) is 49.7 cm³/mol. The molecule has 0 heterocycles. The molecular weight excluding hydrogens is 207 g/mol. The van der Waals surface area contributed by atoms with E-state index in [4.69, 9.17) is 0 Å². The molecule has 1 N–H and O–H groups in total. The number of hydrogen-bond donors (Lipinski definition) is 1. The number of hydroxylamine groups is 1. The Morgan fingerprint density at radius 3 is 2.60 bits per heavy atom. The van der Waals surface area contributed by atoms with E-state index >= 15 is 0 Å². The Kier molecular flexibility index (Phi) is 4.11. The summed E-state index contributed by atoms with van der Waals surface area (Å²) in [5.74, 6) is -2.03. The van der Waals surface area contributed by atoms with Crippen LogP contribution in [-0.2, 0) is 11.4 Å². The molecule has 0 aliphatic rings. The fraction of sp³-hybridized carbons (Fsp3) is 0.400. The molecule has 1 unspecified atom stereocenters. The standard InChI is InChI=1S/C10H12F3NO/c1-6(11)7-3-8(5-14-15-2)10(13)9(12)4-7/h3-4,6,14H,5H2,1-2H3. The number of rotatable bonds is 4. The maximum atomic E-state index is 13.2. The Morgan fingerprint density at radius 1 is 1.40 bits per heavy atom. The molecule has 15 heavy (non-hydrogen) atoms. The van der Waals surface area contributed by atoms with Crippen LogP contribution in [0.15, 0.2) is 12.1 Å². The van der Waals surface area contributed by atoms with Crippen LogP contribution in [0.4, 0.5) is 13.2 Å². The van der Waals surface area contributed by atoms with Crippen molar-refractivity contribution in [3.63, 3.8) is 0 Å². The van der Waals surface area contributed by atoms with Crippen molar-refractivity contribution < 1.29 is 18.0 Å². The first-order valence-electron chi connectivity index (χ1n) is 4.44. The van der Waals surface area contributed by atoms with Gasteiger partial charge in [-0.15, -0.1) is 0 Å². The quantitative estimate of drug-likeness (QED) is 0.786. The van der Waals surface area contributed by atoms with Crippen LogP contribution in [0.25, 0.3) is 0 Å². The van der Waals surface area contributed by atoms with Crippen molar-refractivity contribution >= 4 is 0 Å². The summed E-state index contributed by atoms with van der Waals surface area (Å²) in [5, 5.41) is 0. The fourth-order valence-corrected chi connectivity index (χ4v) is 1.18. The van der Waals surface area contributed by atoms with E-state index in [0.717, 1.165) is 6.07 Å². The van der Waals surface area contributed by atoms with Crippen LogP contribution < -0.4 is 5.48 Å². The Hall–Kier alpha value is -1.07. The molecule has 0 aliphatic heterocycles. The SMILES string of the molecule is CONCc1cc(C(C)F)cc(F)c1F. The van der Waals surface area contributed by atoms with Crippen LogP contribution in [0, 0.1) is 11.6 Å². The second-order valence-corrected chi connectivity index (χ2v) is 3.12. The molecule has 2 nitrogen and oxygen atoms in total. The molecule has 0 saturated carbocycles. The Morgan fingerprint density at radius 2 is 2.07 bits per heavy atom. The van der Waals surface area contributed by atoms with E-state index in [1.807, 2.05) is 0 Å². The van der Waals surface area contributed by atoms with Crippen molar-refractivity contribution in [2.24, 2.45) is 0 Å². The topological polar surface area (TPSA) is 21.3 Å². The van der Waals surface area contributed by atoms with Gasteiger partial charge in [-0.3, -0.25) is 0 Å². The summed E-state index contributed by atoms with van der Waals surface area (Å²) in [6, 6.07) is 2.13. The van der Waals surface area contributed by atoms with Crippen LogP contribution in [0.5, 0.6) is 0 Å². The minimum absolute atomic E-state index is 0.0141. The second-order valence-electron chi connectivity index (χ2n) is 3.12. The van der Waals surface area contributed by atoms with E-state index in [0.29, 0.717) is 0 Å². The fourth-order valence-electron chi connectivity index (χ4n) is 1.18. The zero-order valence-corrected chi connectivity index (χ0v) is 8.48. The molecule has 0 radical (unpaired) electrons. The van der Waals surface area contributed by atoms with Crippen molar-refractivity contribution in [1.82, 2.24) is 5.48 Å². The summed E-state index contributed by atoms with van der Waals surface area (Å²) in [6.45, 7) is 1.25. The van der Waals surface area contributed by atoms with Gasteiger partial charge in [0.2, 0.25) is 0 Å². The third-order valence-corrected chi connectivity index (χ3v) is 1.99. The molecule has 0 aliphatic carbocycles. The van der Waals surface area contributed by atoms with E-state index in [-0.39, 0.29) is 17.7 Å². The summed E-state index contributed by atoms with van der Waals surface area (Å²) < 4.78 is 39.1. The third-order valence-electron chi connectivity index (χ3n) is 1.99. The lowest BCUT2D eigenvalue weighted by atomic mass is 10.1. The van der Waals surface area contributed by atoms with Gasteiger partial charge in [-0.05, 0) is 24.6 Å². The Balaban J connectivity index is 3.02. The molecule has 0 aromatic heterocycles. The van der Waals surface area contributed by atoms with Gasteiger partial charge in [-0.2, -0.15) is 5.48 Å². The lowest BCUT2D eigenvalue weighted by Gasteiger charge is -2.09. The normalized spacial score (nSPS) is 12.9. The van der Waals surface area contributed by atoms with Gasteiger partial charge in [0.05, 0.1) is 7.11 Å². The zero-order valence-electron chi connectivity index (χ0n) is 8.48. The van der Waals surface area contributed by atoms with Crippen molar-refractivity contribution in [3.05, 3.63) is 34.9 Å². The molecule has 1 atom stereocenters. The van der Waals surface area contributed by atoms with Crippen molar-refractivity contribution in [2.75, 3.05) is 7.11 Å². The number of hydrogen-bond acceptors (Lipinski definition) is 2. The molecule has 0 amide bonds. The van der Waals surface area contributed by atoms with Gasteiger partial charge in [0.1, 0.15) is 6.17 Å². The molecule has 0 fully saturated rings. The van der Waals surface area contributed by atoms with Gasteiger partial charge < -0.3 is 4.84 Å². The molecule has 1 aromatic carbocycles. The highest BCUT2D eigenvalue weighted by molar-refractivity contribution is 5.27. The summed E-state index contributed by atoms with van der Waals surface area (Å²) in [7, 11) is 1.36. The molecular formula is C10H12F3NO. The lowest BCUT2D eigenvalue weighted by Crippen LogP contribution is -2.13. The van der Waals surface area contributed by atoms with E-state index in [1.54, 1.807) is 0 Å². The highest BCUT2D eigenvalue weighted by Gasteiger charge is 2.13. The molecule has 84 valence electrons. The second kappa shape index (κ2) is 5.14. The number of benzene rings is 1. The average Bonchev–Trinajstić information content (AvgIpc) is 2.19. The van der Waals surface area contributed by atoms with E-state index < -0.39 is 17.8 Å². The van der Waals surface area contributed by atoms with Gasteiger partial charge in [-0.25, -0.2) is 13.2 Å². The molecule has 0 bridgehead atoms. The largest absolute Gasteiger partial charge is 0.305 e. The van der Waals surface area contributed by atoms with Gasteiger partial charge >= 0.3 is 0 Å².